The molecule has 0 aliphatic heterocycles. The second-order valence-electron chi connectivity index (χ2n) is 7.86. The molecule has 0 radical (unpaired) electrons. The van der Waals surface area contributed by atoms with Gasteiger partial charge < -0.3 is 0 Å². The fourth-order valence-electron chi connectivity index (χ4n) is 3.49. The Balaban J connectivity index is 2.21. The minimum absolute atomic E-state index is 0.565. The molecule has 1 fully saturated rings. The zero-order valence-electron chi connectivity index (χ0n) is 12.4. The van der Waals surface area contributed by atoms with Crippen LogP contribution < -0.4 is 0 Å². The van der Waals surface area contributed by atoms with Crippen molar-refractivity contribution in [3.05, 3.63) is 0 Å². The van der Waals surface area contributed by atoms with E-state index in [1.54, 1.807) is 0 Å². The van der Waals surface area contributed by atoms with E-state index in [1.165, 1.54) is 38.5 Å². The van der Waals surface area contributed by atoms with Gasteiger partial charge in [0, 0.05) is 0 Å². The predicted molar refractivity (Wildman–Crippen MR) is 73.6 cm³/mol. The maximum absolute atomic E-state index is 2.46. The fraction of sp³-hybridized carbons (Fsp3) is 1.00. The minimum atomic E-state index is 0.565. The summed E-state index contributed by atoms with van der Waals surface area (Å²) in [5, 5.41) is 0. The molecule has 0 aromatic heterocycles. The van der Waals surface area contributed by atoms with Crippen LogP contribution >= 0.6 is 0 Å². The first kappa shape index (κ1) is 14.1. The van der Waals surface area contributed by atoms with Gasteiger partial charge in [-0.05, 0) is 54.8 Å². The average Bonchev–Trinajstić information content (AvgIpc) is 2.10. The van der Waals surface area contributed by atoms with E-state index in [1.807, 2.05) is 0 Å². The van der Waals surface area contributed by atoms with Gasteiger partial charge in [-0.2, -0.15) is 0 Å². The Hall–Kier alpha value is 0. The largest absolute Gasteiger partial charge is 0.0651 e. The lowest BCUT2D eigenvalue weighted by atomic mass is 9.62. The Morgan fingerprint density at radius 3 is 2.25 bits per heavy atom. The van der Waals surface area contributed by atoms with Crippen LogP contribution in [0.5, 0.6) is 0 Å². The molecule has 1 rings (SSSR count). The molecule has 0 saturated heterocycles. The highest BCUT2D eigenvalue weighted by atomic mass is 14.4. The topological polar surface area (TPSA) is 0 Å². The summed E-state index contributed by atoms with van der Waals surface area (Å²) in [6.45, 7) is 14.5. The first-order valence-corrected chi connectivity index (χ1v) is 7.24. The van der Waals surface area contributed by atoms with E-state index in [9.17, 15) is 0 Å². The first-order chi connectivity index (χ1) is 7.24. The van der Waals surface area contributed by atoms with Gasteiger partial charge in [0.2, 0.25) is 0 Å². The van der Waals surface area contributed by atoms with E-state index in [4.69, 9.17) is 0 Å². The third-order valence-electron chi connectivity index (χ3n) is 4.51. The molecule has 1 saturated carbocycles. The lowest BCUT2D eigenvalue weighted by molar-refractivity contribution is 0.0752. The second-order valence-corrected chi connectivity index (χ2v) is 7.86. The van der Waals surface area contributed by atoms with E-state index < -0.39 is 0 Å². The number of hydrogen-bond acceptors (Lipinski definition) is 0. The van der Waals surface area contributed by atoms with Crippen LogP contribution in [0.1, 0.15) is 80.1 Å². The van der Waals surface area contributed by atoms with Gasteiger partial charge in [0.1, 0.15) is 0 Å². The van der Waals surface area contributed by atoms with Gasteiger partial charge in [0.05, 0.1) is 0 Å². The Bertz CT molecular complexity index is 204. The molecule has 0 bridgehead atoms. The third-order valence-corrected chi connectivity index (χ3v) is 4.51. The highest BCUT2D eigenvalue weighted by Gasteiger charge is 2.36. The van der Waals surface area contributed by atoms with E-state index in [2.05, 4.69) is 41.5 Å². The molecule has 0 heterocycles. The van der Waals surface area contributed by atoms with Crippen LogP contribution in [0.15, 0.2) is 0 Å². The van der Waals surface area contributed by atoms with Crippen LogP contribution in [0.3, 0.4) is 0 Å². The molecule has 0 aromatic carbocycles. The quantitative estimate of drug-likeness (QED) is 0.545. The molecule has 0 heteroatoms. The smallest absolute Gasteiger partial charge is 0.0349 e. The van der Waals surface area contributed by atoms with Gasteiger partial charge >= 0.3 is 0 Å². The van der Waals surface area contributed by atoms with Crippen molar-refractivity contribution in [3.63, 3.8) is 0 Å². The summed E-state index contributed by atoms with van der Waals surface area (Å²) in [7, 11) is 0. The molecule has 96 valence electrons. The molecule has 1 aliphatic carbocycles. The summed E-state index contributed by atoms with van der Waals surface area (Å²) in [6, 6.07) is 0. The lowest BCUT2D eigenvalue weighted by Gasteiger charge is -2.44. The molecular formula is C16H32. The van der Waals surface area contributed by atoms with Gasteiger partial charge in [0.15, 0.2) is 0 Å². The Kier molecular flexibility index (Phi) is 4.49. The van der Waals surface area contributed by atoms with Crippen molar-refractivity contribution in [2.45, 2.75) is 80.1 Å². The van der Waals surface area contributed by atoms with Gasteiger partial charge in [-0.15, -0.1) is 0 Å². The summed E-state index contributed by atoms with van der Waals surface area (Å²) in [5.74, 6) is 1.93. The van der Waals surface area contributed by atoms with Crippen molar-refractivity contribution >= 4 is 0 Å². The zero-order valence-corrected chi connectivity index (χ0v) is 12.4. The standard InChI is InChI=1S/C16H32/c1-7-13(2)10-15(3,4)9-8-14-11-16(5,6)12-14/h13-14H,7-12H2,1-6H3. The van der Waals surface area contributed by atoms with Crippen LogP contribution in [-0.4, -0.2) is 0 Å². The molecule has 1 unspecified atom stereocenters. The first-order valence-electron chi connectivity index (χ1n) is 7.24. The molecule has 0 aromatic rings. The number of rotatable bonds is 6. The SMILES string of the molecule is CCC(C)CC(C)(C)CCC1CC(C)(C)C1. The van der Waals surface area contributed by atoms with E-state index in [0.717, 1.165) is 11.8 Å². The van der Waals surface area contributed by atoms with Crippen molar-refractivity contribution in [1.82, 2.24) is 0 Å². The Morgan fingerprint density at radius 1 is 1.25 bits per heavy atom. The summed E-state index contributed by atoms with van der Waals surface area (Å²) in [4.78, 5) is 0. The summed E-state index contributed by atoms with van der Waals surface area (Å²) >= 11 is 0. The van der Waals surface area contributed by atoms with Crippen LogP contribution in [0.2, 0.25) is 0 Å². The molecule has 0 amide bonds. The second kappa shape index (κ2) is 5.10. The fourth-order valence-corrected chi connectivity index (χ4v) is 3.49. The monoisotopic (exact) mass is 224 g/mol. The van der Waals surface area contributed by atoms with Crippen LogP contribution in [0.25, 0.3) is 0 Å². The maximum Gasteiger partial charge on any atom is -0.0349 e. The van der Waals surface area contributed by atoms with Gasteiger partial charge in [-0.1, -0.05) is 48.0 Å². The van der Waals surface area contributed by atoms with Crippen molar-refractivity contribution < 1.29 is 0 Å². The molecule has 0 spiro atoms. The average molecular weight is 224 g/mol. The Morgan fingerprint density at radius 2 is 1.81 bits per heavy atom. The molecule has 1 atom stereocenters. The van der Waals surface area contributed by atoms with Crippen molar-refractivity contribution in [3.8, 4) is 0 Å². The minimum Gasteiger partial charge on any atom is -0.0651 e. The zero-order chi connectivity index (χ0) is 12.4. The molecule has 0 N–H and O–H groups in total. The number of hydrogen-bond donors (Lipinski definition) is 0. The van der Waals surface area contributed by atoms with Crippen molar-refractivity contribution in [1.29, 1.82) is 0 Å². The highest BCUT2D eigenvalue weighted by molar-refractivity contribution is 4.87. The lowest BCUT2D eigenvalue weighted by Crippen LogP contribution is -2.32. The van der Waals surface area contributed by atoms with Crippen LogP contribution in [-0.2, 0) is 0 Å². The van der Waals surface area contributed by atoms with Gasteiger partial charge in [-0.25, -0.2) is 0 Å². The molecule has 0 nitrogen and oxygen atoms in total. The van der Waals surface area contributed by atoms with Crippen LogP contribution in [0.4, 0.5) is 0 Å². The molecule has 16 heavy (non-hydrogen) atoms. The molecular weight excluding hydrogens is 192 g/mol. The van der Waals surface area contributed by atoms with Crippen LogP contribution in [0, 0.1) is 22.7 Å². The van der Waals surface area contributed by atoms with Gasteiger partial charge in [-0.3, -0.25) is 0 Å². The highest BCUT2D eigenvalue weighted by Crippen LogP contribution is 2.48. The van der Waals surface area contributed by atoms with Crippen molar-refractivity contribution in [2.75, 3.05) is 0 Å². The van der Waals surface area contributed by atoms with E-state index >= 15 is 0 Å². The summed E-state index contributed by atoms with van der Waals surface area (Å²) < 4.78 is 0. The van der Waals surface area contributed by atoms with Gasteiger partial charge in [0.25, 0.3) is 0 Å². The van der Waals surface area contributed by atoms with Crippen molar-refractivity contribution in [2.24, 2.45) is 22.7 Å². The summed E-state index contributed by atoms with van der Waals surface area (Å²) in [5.41, 5.74) is 1.22. The summed E-state index contributed by atoms with van der Waals surface area (Å²) in [6.07, 6.45) is 8.56. The Labute approximate surface area is 103 Å². The normalized spacial score (nSPS) is 22.9. The predicted octanol–water partition coefficient (Wildman–Crippen LogP) is 5.67. The van der Waals surface area contributed by atoms with E-state index in [0.29, 0.717) is 10.8 Å². The third kappa shape index (κ3) is 4.47. The maximum atomic E-state index is 2.46. The van der Waals surface area contributed by atoms with E-state index in [-0.39, 0.29) is 0 Å². The molecule has 1 aliphatic rings.